The minimum atomic E-state index is -1.13. The largest absolute Gasteiger partial charge is 0.476 e. The molecule has 0 aliphatic rings. The third kappa shape index (κ3) is 2.05. The average molecular weight is 275 g/mol. The van der Waals surface area contributed by atoms with Gasteiger partial charge in [-0.1, -0.05) is 5.21 Å². The summed E-state index contributed by atoms with van der Waals surface area (Å²) >= 11 is 0. The van der Waals surface area contributed by atoms with E-state index in [0.717, 1.165) is 0 Å². The lowest BCUT2D eigenvalue weighted by atomic mass is 10.3. The maximum atomic E-state index is 10.9. The number of carbonyl (C=O) groups is 1. The minimum Gasteiger partial charge on any atom is -0.476 e. The molecule has 0 atom stereocenters. The summed E-state index contributed by atoms with van der Waals surface area (Å²) in [5.41, 5.74) is 0.311. The van der Waals surface area contributed by atoms with Crippen LogP contribution in [-0.2, 0) is 6.54 Å². The van der Waals surface area contributed by atoms with Gasteiger partial charge in [-0.15, -0.1) is 15.3 Å². The summed E-state index contributed by atoms with van der Waals surface area (Å²) in [6, 6.07) is 3.40. The van der Waals surface area contributed by atoms with E-state index in [1.54, 1.807) is 19.1 Å². The maximum absolute atomic E-state index is 10.9. The lowest BCUT2D eigenvalue weighted by molar-refractivity contribution is 0.0689. The van der Waals surface area contributed by atoms with Crippen LogP contribution < -0.4 is 0 Å². The number of aromatic nitrogens is 5. The monoisotopic (exact) mass is 275 g/mol. The predicted octanol–water partition coefficient (Wildman–Crippen LogP) is 0.976. The second-order valence-corrected chi connectivity index (χ2v) is 3.96. The number of aromatic carboxylic acids is 1. The molecule has 0 spiro atoms. The lowest BCUT2D eigenvalue weighted by Crippen LogP contribution is -2.06. The summed E-state index contributed by atoms with van der Waals surface area (Å²) in [5, 5.41) is 23.9. The standard InChI is InChI=1S/C11H9N5O4/c1-6-9(11(17)18)13-15-16(6)5-8-12-14-10(20-8)7-3-2-4-19-7/h2-4H,5H2,1H3,(H,17,18). The van der Waals surface area contributed by atoms with E-state index in [9.17, 15) is 4.79 Å². The second kappa shape index (κ2) is 4.61. The predicted molar refractivity (Wildman–Crippen MR) is 62.8 cm³/mol. The highest BCUT2D eigenvalue weighted by molar-refractivity contribution is 5.86. The molecule has 0 unspecified atom stereocenters. The molecule has 3 aromatic rings. The first-order valence-corrected chi connectivity index (χ1v) is 5.65. The van der Waals surface area contributed by atoms with Crippen LogP contribution in [0.5, 0.6) is 0 Å². The Balaban J connectivity index is 1.84. The van der Waals surface area contributed by atoms with E-state index in [2.05, 4.69) is 20.5 Å². The van der Waals surface area contributed by atoms with Crippen LogP contribution in [-0.4, -0.2) is 36.3 Å². The topological polar surface area (TPSA) is 120 Å². The number of nitrogens with zero attached hydrogens (tertiary/aromatic N) is 5. The van der Waals surface area contributed by atoms with Crippen molar-refractivity contribution in [2.24, 2.45) is 0 Å². The summed E-state index contributed by atoms with van der Waals surface area (Å²) < 4.78 is 11.9. The zero-order valence-electron chi connectivity index (χ0n) is 10.3. The number of rotatable bonds is 4. The fourth-order valence-corrected chi connectivity index (χ4v) is 1.65. The van der Waals surface area contributed by atoms with Gasteiger partial charge in [0.1, 0.15) is 6.54 Å². The zero-order valence-corrected chi connectivity index (χ0v) is 10.3. The molecule has 9 heteroatoms. The van der Waals surface area contributed by atoms with Gasteiger partial charge in [-0.2, -0.15) is 0 Å². The first-order valence-electron chi connectivity index (χ1n) is 5.65. The lowest BCUT2D eigenvalue weighted by Gasteiger charge is -1.98. The number of carboxylic acids is 1. The molecule has 9 nitrogen and oxygen atoms in total. The summed E-state index contributed by atoms with van der Waals surface area (Å²) in [6.45, 7) is 1.74. The SMILES string of the molecule is Cc1c(C(=O)O)nnn1Cc1nnc(-c2ccco2)o1. The maximum Gasteiger partial charge on any atom is 0.358 e. The molecule has 1 N–H and O–H groups in total. The van der Waals surface area contributed by atoms with Gasteiger partial charge in [0.2, 0.25) is 5.89 Å². The van der Waals surface area contributed by atoms with Gasteiger partial charge in [-0.3, -0.25) is 0 Å². The number of furan rings is 1. The van der Waals surface area contributed by atoms with Crippen LogP contribution >= 0.6 is 0 Å². The Morgan fingerprint density at radius 2 is 2.25 bits per heavy atom. The van der Waals surface area contributed by atoms with E-state index in [1.807, 2.05) is 0 Å². The molecular formula is C11H9N5O4. The highest BCUT2D eigenvalue weighted by Gasteiger charge is 2.17. The summed E-state index contributed by atoms with van der Waals surface area (Å²) in [7, 11) is 0. The first-order chi connectivity index (χ1) is 9.65. The van der Waals surface area contributed by atoms with E-state index in [0.29, 0.717) is 11.5 Å². The van der Waals surface area contributed by atoms with Gasteiger partial charge in [0.05, 0.1) is 12.0 Å². The Hall–Kier alpha value is -2.97. The van der Waals surface area contributed by atoms with Gasteiger partial charge in [0, 0.05) is 0 Å². The second-order valence-electron chi connectivity index (χ2n) is 3.96. The van der Waals surface area contributed by atoms with Gasteiger partial charge in [-0.05, 0) is 19.1 Å². The number of hydrogen-bond acceptors (Lipinski definition) is 7. The molecule has 0 aliphatic carbocycles. The zero-order chi connectivity index (χ0) is 14.1. The molecule has 3 aromatic heterocycles. The molecule has 3 rings (SSSR count). The molecule has 0 amide bonds. The van der Waals surface area contributed by atoms with Gasteiger partial charge in [0.15, 0.2) is 11.5 Å². The van der Waals surface area contributed by atoms with E-state index in [-0.39, 0.29) is 24.0 Å². The molecule has 0 aliphatic heterocycles. The van der Waals surface area contributed by atoms with Crippen molar-refractivity contribution in [2.45, 2.75) is 13.5 Å². The van der Waals surface area contributed by atoms with Crippen LogP contribution in [0.15, 0.2) is 27.2 Å². The molecule has 102 valence electrons. The van der Waals surface area contributed by atoms with E-state index in [4.69, 9.17) is 13.9 Å². The van der Waals surface area contributed by atoms with E-state index < -0.39 is 5.97 Å². The number of hydrogen-bond donors (Lipinski definition) is 1. The first kappa shape index (κ1) is 12.1. The van der Waals surface area contributed by atoms with Crippen LogP contribution in [0, 0.1) is 6.92 Å². The molecule has 3 heterocycles. The molecular weight excluding hydrogens is 266 g/mol. The van der Waals surface area contributed by atoms with Gasteiger partial charge < -0.3 is 13.9 Å². The van der Waals surface area contributed by atoms with E-state index >= 15 is 0 Å². The molecule has 0 radical (unpaired) electrons. The highest BCUT2D eigenvalue weighted by Crippen LogP contribution is 2.18. The van der Waals surface area contributed by atoms with Crippen molar-refractivity contribution < 1.29 is 18.7 Å². The smallest absolute Gasteiger partial charge is 0.358 e. The van der Waals surface area contributed by atoms with Crippen molar-refractivity contribution in [3.63, 3.8) is 0 Å². The normalized spacial score (nSPS) is 10.8. The van der Waals surface area contributed by atoms with Gasteiger partial charge >= 0.3 is 5.97 Å². The molecule has 0 saturated carbocycles. The minimum absolute atomic E-state index is 0.101. The summed E-state index contributed by atoms with van der Waals surface area (Å²) in [4.78, 5) is 10.9. The number of carboxylic acid groups (broad SMARTS) is 1. The third-order valence-electron chi connectivity index (χ3n) is 2.67. The summed E-state index contributed by atoms with van der Waals surface area (Å²) in [5.74, 6) is -0.136. The Kier molecular flexibility index (Phi) is 2.78. The van der Waals surface area contributed by atoms with Gasteiger partial charge in [-0.25, -0.2) is 9.48 Å². The van der Waals surface area contributed by atoms with Crippen LogP contribution in [0.3, 0.4) is 0 Å². The van der Waals surface area contributed by atoms with Crippen LogP contribution in [0.4, 0.5) is 0 Å². The van der Waals surface area contributed by atoms with Gasteiger partial charge in [0.25, 0.3) is 5.89 Å². The van der Waals surface area contributed by atoms with Crippen LogP contribution in [0.2, 0.25) is 0 Å². The van der Waals surface area contributed by atoms with E-state index in [1.165, 1.54) is 10.9 Å². The Morgan fingerprint density at radius 3 is 2.90 bits per heavy atom. The fraction of sp³-hybridized carbons (Fsp3) is 0.182. The quantitative estimate of drug-likeness (QED) is 0.747. The van der Waals surface area contributed by atoms with Crippen molar-refractivity contribution in [1.82, 2.24) is 25.2 Å². The fourth-order valence-electron chi connectivity index (χ4n) is 1.65. The molecule has 0 bridgehead atoms. The average Bonchev–Trinajstić information content (AvgIpc) is 3.12. The Bertz CT molecular complexity index is 743. The summed E-state index contributed by atoms with van der Waals surface area (Å²) in [6.07, 6.45) is 1.50. The highest BCUT2D eigenvalue weighted by atomic mass is 16.4. The van der Waals surface area contributed by atoms with Crippen molar-refractivity contribution in [3.05, 3.63) is 35.7 Å². The van der Waals surface area contributed by atoms with Crippen molar-refractivity contribution in [2.75, 3.05) is 0 Å². The molecule has 0 aromatic carbocycles. The van der Waals surface area contributed by atoms with Crippen LogP contribution in [0.25, 0.3) is 11.7 Å². The van der Waals surface area contributed by atoms with Crippen molar-refractivity contribution >= 4 is 5.97 Å². The molecule has 0 saturated heterocycles. The van der Waals surface area contributed by atoms with Crippen LogP contribution in [0.1, 0.15) is 22.1 Å². The van der Waals surface area contributed by atoms with Crippen molar-refractivity contribution in [3.8, 4) is 11.7 Å². The molecule has 0 fully saturated rings. The Morgan fingerprint density at radius 1 is 1.40 bits per heavy atom. The Labute approximate surface area is 111 Å². The van der Waals surface area contributed by atoms with Crippen molar-refractivity contribution in [1.29, 1.82) is 0 Å². The molecule has 20 heavy (non-hydrogen) atoms. The third-order valence-corrected chi connectivity index (χ3v) is 2.67.